The molecule has 0 saturated carbocycles. The van der Waals surface area contributed by atoms with Gasteiger partial charge in [-0.2, -0.15) is 0 Å². The molecule has 0 aliphatic carbocycles. The Hall–Kier alpha value is -1.29. The molecule has 0 unspecified atom stereocenters. The number of thioether (sulfide) groups is 1. The predicted molar refractivity (Wildman–Crippen MR) is 73.3 cm³/mol. The van der Waals surface area contributed by atoms with E-state index in [0.29, 0.717) is 11.2 Å². The van der Waals surface area contributed by atoms with Crippen molar-refractivity contribution >= 4 is 17.7 Å². The van der Waals surface area contributed by atoms with Crippen LogP contribution in [-0.2, 0) is 0 Å². The quantitative estimate of drug-likeness (QED) is 0.594. The summed E-state index contributed by atoms with van der Waals surface area (Å²) < 4.78 is 1.61. The summed E-state index contributed by atoms with van der Waals surface area (Å²) in [7, 11) is 0. The van der Waals surface area contributed by atoms with Crippen LogP contribution in [0, 0.1) is 0 Å². The summed E-state index contributed by atoms with van der Waals surface area (Å²) >= 11 is 1.55. The lowest BCUT2D eigenvalue weighted by atomic mass is 10.4. The maximum Gasteiger partial charge on any atom is 0.242 e. The summed E-state index contributed by atoms with van der Waals surface area (Å²) in [4.78, 5) is 16.4. The molecule has 3 nitrogen and oxygen atoms in total. The molecule has 0 aliphatic heterocycles. The monoisotopic (exact) mass is 250 g/mol. The normalized spacial score (nSPS) is 11.8. The van der Waals surface area contributed by atoms with E-state index >= 15 is 0 Å². The second kappa shape index (κ2) is 7.12. The first-order chi connectivity index (χ1) is 8.15. The summed E-state index contributed by atoms with van der Waals surface area (Å²) in [6.45, 7) is 7.62. The van der Waals surface area contributed by atoms with Gasteiger partial charge in [-0.15, -0.1) is 18.3 Å². The van der Waals surface area contributed by atoms with Crippen molar-refractivity contribution in [1.29, 1.82) is 0 Å². The third kappa shape index (κ3) is 4.61. The number of carbonyl (C=O) groups excluding carboxylic acids is 1. The lowest BCUT2D eigenvalue weighted by Crippen LogP contribution is -2.28. The number of hydrogen-bond acceptors (Lipinski definition) is 3. The molecule has 4 heteroatoms. The number of hydrogen-bond donors (Lipinski definition) is 0. The standard InChI is InChI=1S/C13H18N2OS/c1-4-9-17-10-13(16)15-8-6-5-7-12(15)14-11(2)3/h4-8,11H,1,9-10H2,2-3H3. The van der Waals surface area contributed by atoms with Crippen LogP contribution in [0.15, 0.2) is 42.0 Å². The first-order valence-electron chi connectivity index (χ1n) is 5.58. The predicted octanol–water partition coefficient (Wildman–Crippen LogP) is 2.36. The first kappa shape index (κ1) is 13.8. The minimum atomic E-state index is 0.0526. The van der Waals surface area contributed by atoms with Crippen molar-refractivity contribution in [2.24, 2.45) is 4.99 Å². The van der Waals surface area contributed by atoms with Crippen molar-refractivity contribution in [2.45, 2.75) is 19.9 Å². The molecule has 0 aliphatic rings. The Morgan fingerprint density at radius 2 is 2.35 bits per heavy atom. The smallest absolute Gasteiger partial charge is 0.242 e. The Balaban J connectivity index is 2.89. The lowest BCUT2D eigenvalue weighted by molar-refractivity contribution is 0.0936. The zero-order chi connectivity index (χ0) is 12.7. The minimum Gasteiger partial charge on any atom is -0.273 e. The van der Waals surface area contributed by atoms with Gasteiger partial charge in [0.05, 0.1) is 5.75 Å². The Morgan fingerprint density at radius 3 is 3.00 bits per heavy atom. The summed E-state index contributed by atoms with van der Waals surface area (Å²) in [5, 5.41) is 0. The summed E-state index contributed by atoms with van der Waals surface area (Å²) in [6, 6.07) is 5.77. The van der Waals surface area contributed by atoms with Crippen LogP contribution < -0.4 is 5.49 Å². The van der Waals surface area contributed by atoms with E-state index in [4.69, 9.17) is 0 Å². The highest BCUT2D eigenvalue weighted by molar-refractivity contribution is 8.00. The van der Waals surface area contributed by atoms with Crippen molar-refractivity contribution in [2.75, 3.05) is 11.5 Å². The van der Waals surface area contributed by atoms with Crippen LogP contribution in [0.2, 0.25) is 0 Å². The number of rotatable bonds is 5. The van der Waals surface area contributed by atoms with Crippen molar-refractivity contribution < 1.29 is 4.79 Å². The van der Waals surface area contributed by atoms with E-state index < -0.39 is 0 Å². The second-order valence-corrected chi connectivity index (χ2v) is 4.88. The Morgan fingerprint density at radius 1 is 1.59 bits per heavy atom. The Labute approximate surface area is 106 Å². The van der Waals surface area contributed by atoms with Crippen molar-refractivity contribution in [3.63, 3.8) is 0 Å². The third-order valence-corrected chi connectivity index (χ3v) is 2.88. The molecule has 0 atom stereocenters. The molecule has 0 radical (unpaired) electrons. The zero-order valence-corrected chi connectivity index (χ0v) is 11.1. The molecule has 1 rings (SSSR count). The molecule has 17 heavy (non-hydrogen) atoms. The van der Waals surface area contributed by atoms with E-state index in [1.54, 1.807) is 28.6 Å². The van der Waals surface area contributed by atoms with Crippen LogP contribution >= 0.6 is 11.8 Å². The molecule has 0 bridgehead atoms. The van der Waals surface area contributed by atoms with Crippen LogP contribution in [-0.4, -0.2) is 28.0 Å². The molecule has 1 aromatic rings. The van der Waals surface area contributed by atoms with Gasteiger partial charge in [0.1, 0.15) is 5.49 Å². The van der Waals surface area contributed by atoms with Crippen molar-refractivity contribution in [3.8, 4) is 0 Å². The van der Waals surface area contributed by atoms with Gasteiger partial charge < -0.3 is 0 Å². The zero-order valence-electron chi connectivity index (χ0n) is 10.3. The fourth-order valence-electron chi connectivity index (χ4n) is 1.31. The van der Waals surface area contributed by atoms with Gasteiger partial charge in [0.15, 0.2) is 0 Å². The summed E-state index contributed by atoms with van der Waals surface area (Å²) in [6.07, 6.45) is 3.56. The van der Waals surface area contributed by atoms with Gasteiger partial charge in [0.25, 0.3) is 0 Å². The SMILES string of the molecule is C=CCSCC(=O)n1ccccc1=NC(C)C. The van der Waals surface area contributed by atoms with Gasteiger partial charge >= 0.3 is 0 Å². The van der Waals surface area contributed by atoms with E-state index in [-0.39, 0.29) is 11.9 Å². The fraction of sp³-hybridized carbons (Fsp3) is 0.385. The van der Waals surface area contributed by atoms with Gasteiger partial charge in [-0.25, -0.2) is 0 Å². The van der Waals surface area contributed by atoms with Crippen LogP contribution in [0.1, 0.15) is 18.6 Å². The molecular weight excluding hydrogens is 232 g/mol. The summed E-state index contributed by atoms with van der Waals surface area (Å²) in [5.74, 6) is 1.29. The highest BCUT2D eigenvalue weighted by atomic mass is 32.2. The van der Waals surface area contributed by atoms with E-state index in [2.05, 4.69) is 11.6 Å². The van der Waals surface area contributed by atoms with Crippen LogP contribution in [0.5, 0.6) is 0 Å². The van der Waals surface area contributed by atoms with Crippen molar-refractivity contribution in [3.05, 3.63) is 42.5 Å². The maximum absolute atomic E-state index is 12.0. The third-order valence-electron chi connectivity index (χ3n) is 1.96. The van der Waals surface area contributed by atoms with Gasteiger partial charge in [-0.05, 0) is 26.0 Å². The van der Waals surface area contributed by atoms with E-state index in [9.17, 15) is 4.79 Å². The molecule has 0 spiro atoms. The number of carbonyl (C=O) groups is 1. The first-order valence-corrected chi connectivity index (χ1v) is 6.74. The van der Waals surface area contributed by atoms with Gasteiger partial charge in [0, 0.05) is 18.0 Å². The van der Waals surface area contributed by atoms with E-state index in [0.717, 1.165) is 5.75 Å². The largest absolute Gasteiger partial charge is 0.273 e. The topological polar surface area (TPSA) is 34.4 Å². The fourth-order valence-corrected chi connectivity index (χ4v) is 1.91. The van der Waals surface area contributed by atoms with Crippen LogP contribution in [0.25, 0.3) is 0 Å². The molecule has 0 fully saturated rings. The van der Waals surface area contributed by atoms with Gasteiger partial charge in [0.2, 0.25) is 5.91 Å². The minimum absolute atomic E-state index is 0.0526. The van der Waals surface area contributed by atoms with E-state index in [1.807, 2.05) is 32.0 Å². The highest BCUT2D eigenvalue weighted by Crippen LogP contribution is 2.00. The highest BCUT2D eigenvalue weighted by Gasteiger charge is 2.04. The molecule has 0 aromatic carbocycles. The van der Waals surface area contributed by atoms with Gasteiger partial charge in [-0.3, -0.25) is 14.4 Å². The van der Waals surface area contributed by atoms with E-state index in [1.165, 1.54) is 0 Å². The van der Waals surface area contributed by atoms with Crippen LogP contribution in [0.4, 0.5) is 0 Å². The molecule has 0 N–H and O–H groups in total. The molecule has 0 saturated heterocycles. The molecule has 1 heterocycles. The number of pyridine rings is 1. The number of aromatic nitrogens is 1. The molecule has 0 amide bonds. The maximum atomic E-state index is 12.0. The molecule has 1 aromatic heterocycles. The molecule has 92 valence electrons. The molecular formula is C13H18N2OS. The van der Waals surface area contributed by atoms with Crippen LogP contribution in [0.3, 0.4) is 0 Å². The Kier molecular flexibility index (Phi) is 5.77. The average Bonchev–Trinajstić information content (AvgIpc) is 2.29. The lowest BCUT2D eigenvalue weighted by Gasteiger charge is -2.06. The van der Waals surface area contributed by atoms with Gasteiger partial charge in [-0.1, -0.05) is 12.1 Å². The summed E-state index contributed by atoms with van der Waals surface area (Å²) in [5.41, 5.74) is 0.715. The Bertz CT molecular complexity index is 449. The number of nitrogens with zero attached hydrogens (tertiary/aromatic N) is 2. The second-order valence-electron chi connectivity index (χ2n) is 3.85. The van der Waals surface area contributed by atoms with Crippen molar-refractivity contribution in [1.82, 2.24) is 4.57 Å². The average molecular weight is 250 g/mol.